The van der Waals surface area contributed by atoms with Crippen molar-refractivity contribution in [1.29, 1.82) is 0 Å². The Kier molecular flexibility index (Phi) is 5.90. The van der Waals surface area contributed by atoms with Crippen LogP contribution in [0.15, 0.2) is 4.99 Å². The molecule has 0 spiro atoms. The molecule has 3 N–H and O–H groups in total. The molecule has 0 aromatic rings. The summed E-state index contributed by atoms with van der Waals surface area (Å²) in [6.07, 6.45) is -3.36. The molecule has 9 heteroatoms. The molecule has 5 unspecified atom stereocenters. The van der Waals surface area contributed by atoms with Crippen LogP contribution in [0.4, 0.5) is 4.79 Å². The summed E-state index contributed by atoms with van der Waals surface area (Å²) in [5, 5.41) is 24.0. The van der Waals surface area contributed by atoms with Crippen LogP contribution in [-0.4, -0.2) is 82.9 Å². The third-order valence-corrected chi connectivity index (χ3v) is 4.97. The summed E-state index contributed by atoms with van der Waals surface area (Å²) in [5.41, 5.74) is -0.366. The number of hydrogen-bond donors (Lipinski definition) is 3. The van der Waals surface area contributed by atoms with Crippen molar-refractivity contribution in [2.24, 2.45) is 4.99 Å². The van der Waals surface area contributed by atoms with Crippen LogP contribution in [0.2, 0.25) is 0 Å². The second-order valence-electron chi connectivity index (χ2n) is 5.09. The number of ether oxygens (including phenoxy) is 2. The Bertz CT molecular complexity index is 432. The van der Waals surface area contributed by atoms with Crippen LogP contribution in [0.5, 0.6) is 0 Å². The van der Waals surface area contributed by atoms with Gasteiger partial charge in [0.2, 0.25) is 0 Å². The van der Waals surface area contributed by atoms with Gasteiger partial charge in [0.15, 0.2) is 5.17 Å². The van der Waals surface area contributed by atoms with Gasteiger partial charge in [-0.3, -0.25) is 4.99 Å². The van der Waals surface area contributed by atoms with E-state index in [1.807, 2.05) is 13.8 Å². The fourth-order valence-corrected chi connectivity index (χ4v) is 3.56. The molecule has 5 atom stereocenters. The van der Waals surface area contributed by atoms with Crippen LogP contribution in [0.25, 0.3) is 0 Å². The minimum Gasteiger partial charge on any atom is -0.447 e. The Hall–Kier alpha value is -1.03. The number of amidine groups is 1. The molecule has 2 rings (SSSR count). The highest BCUT2D eigenvalue weighted by atomic mass is 32.2. The summed E-state index contributed by atoms with van der Waals surface area (Å²) in [6, 6.07) is -0.423. The number of thioether (sulfide) groups is 1. The van der Waals surface area contributed by atoms with Crippen molar-refractivity contribution in [3.05, 3.63) is 0 Å². The van der Waals surface area contributed by atoms with Crippen LogP contribution in [0.3, 0.4) is 0 Å². The van der Waals surface area contributed by atoms with E-state index < -0.39 is 30.4 Å². The lowest BCUT2D eigenvalue weighted by Crippen LogP contribution is -2.60. The second kappa shape index (κ2) is 7.49. The number of amides is 1. The van der Waals surface area contributed by atoms with Crippen LogP contribution in [0.1, 0.15) is 13.8 Å². The Morgan fingerprint density at radius 1 is 1.41 bits per heavy atom. The zero-order valence-corrected chi connectivity index (χ0v) is 13.7. The Labute approximate surface area is 133 Å². The molecule has 0 radical (unpaired) electrons. The predicted octanol–water partition coefficient (Wildman–Crippen LogP) is -0.398. The Morgan fingerprint density at radius 3 is 2.68 bits per heavy atom. The molecule has 0 saturated carbocycles. The number of nitrogens with zero attached hydrogens (tertiary/aromatic N) is 2. The first kappa shape index (κ1) is 17.3. The van der Waals surface area contributed by atoms with E-state index in [0.29, 0.717) is 18.3 Å². The number of carbonyl (C=O) groups is 1. The number of carbonyl (C=O) groups excluding carboxylic acids is 1. The smallest absolute Gasteiger partial charge is 0.409 e. The molecule has 0 aromatic heterocycles. The second-order valence-corrected chi connectivity index (χ2v) is 6.18. The van der Waals surface area contributed by atoms with Gasteiger partial charge in [0.1, 0.15) is 30.4 Å². The number of fused-ring (bicyclic) bond motifs is 1. The average Bonchev–Trinajstić information content (AvgIpc) is 2.94. The topological polar surface area (TPSA) is 104 Å². The molecule has 2 saturated heterocycles. The molecule has 0 aromatic carbocycles. The van der Waals surface area contributed by atoms with Crippen molar-refractivity contribution < 1.29 is 24.5 Å². The van der Waals surface area contributed by atoms with Crippen molar-refractivity contribution in [3.63, 3.8) is 0 Å². The lowest BCUT2D eigenvalue weighted by Gasteiger charge is -2.38. The fraction of sp³-hybridized carbons (Fsp3) is 0.846. The van der Waals surface area contributed by atoms with E-state index in [1.165, 1.54) is 16.7 Å². The standard InChI is InChI=1S/C13H23N3O5S/c1-4-16(5-2)13(19)20-6-7-9(17)10(18)8-11(21-7)22-12(14-3)15-8/h7-11,17-18H,4-6H2,1-3H3,(H,14,15). The van der Waals surface area contributed by atoms with Gasteiger partial charge in [-0.25, -0.2) is 4.79 Å². The van der Waals surface area contributed by atoms with E-state index >= 15 is 0 Å². The van der Waals surface area contributed by atoms with Gasteiger partial charge in [-0.2, -0.15) is 0 Å². The Balaban J connectivity index is 1.94. The van der Waals surface area contributed by atoms with Crippen molar-refractivity contribution in [3.8, 4) is 0 Å². The van der Waals surface area contributed by atoms with E-state index in [0.717, 1.165) is 0 Å². The molecule has 2 heterocycles. The maximum absolute atomic E-state index is 11.8. The minimum absolute atomic E-state index is 0.101. The average molecular weight is 333 g/mol. The first-order valence-corrected chi connectivity index (χ1v) is 8.23. The number of aliphatic imine (C=N–C) groups is 1. The van der Waals surface area contributed by atoms with Crippen molar-refractivity contribution in [2.45, 2.75) is 43.6 Å². The molecule has 126 valence electrons. The lowest BCUT2D eigenvalue weighted by molar-refractivity contribution is -0.168. The van der Waals surface area contributed by atoms with Gasteiger partial charge in [0.25, 0.3) is 0 Å². The molecule has 8 nitrogen and oxygen atoms in total. The fourth-order valence-electron chi connectivity index (χ4n) is 2.45. The van der Waals surface area contributed by atoms with E-state index in [2.05, 4.69) is 10.3 Å². The third-order valence-electron chi connectivity index (χ3n) is 3.81. The molecule has 2 fully saturated rings. The zero-order valence-electron chi connectivity index (χ0n) is 12.9. The summed E-state index contributed by atoms with van der Waals surface area (Å²) in [5.74, 6) is 0. The molecule has 0 bridgehead atoms. The molecule has 2 aliphatic heterocycles. The Morgan fingerprint density at radius 2 is 2.09 bits per heavy atom. The molecule has 2 aliphatic rings. The normalized spacial score (nSPS) is 35.9. The van der Waals surface area contributed by atoms with Gasteiger partial charge in [0.05, 0.1) is 6.04 Å². The quantitative estimate of drug-likeness (QED) is 0.643. The monoisotopic (exact) mass is 333 g/mol. The maximum Gasteiger partial charge on any atom is 0.409 e. The first-order chi connectivity index (χ1) is 10.5. The summed E-state index contributed by atoms with van der Waals surface area (Å²) >= 11 is 1.35. The third kappa shape index (κ3) is 3.48. The van der Waals surface area contributed by atoms with Gasteiger partial charge in [-0.15, -0.1) is 0 Å². The van der Waals surface area contributed by atoms with Crippen LogP contribution < -0.4 is 5.32 Å². The van der Waals surface area contributed by atoms with Gasteiger partial charge in [0, 0.05) is 20.1 Å². The molecule has 0 aliphatic carbocycles. The predicted molar refractivity (Wildman–Crippen MR) is 82.8 cm³/mol. The van der Waals surface area contributed by atoms with Crippen molar-refractivity contribution in [2.75, 3.05) is 26.7 Å². The van der Waals surface area contributed by atoms with Gasteiger partial charge < -0.3 is 29.9 Å². The molecular weight excluding hydrogens is 310 g/mol. The highest BCUT2D eigenvalue weighted by Crippen LogP contribution is 2.33. The highest BCUT2D eigenvalue weighted by molar-refractivity contribution is 8.14. The number of rotatable bonds is 4. The van der Waals surface area contributed by atoms with E-state index in [4.69, 9.17) is 9.47 Å². The molecule has 22 heavy (non-hydrogen) atoms. The molecular formula is C13H23N3O5S. The van der Waals surface area contributed by atoms with Crippen LogP contribution in [0, 0.1) is 0 Å². The zero-order chi connectivity index (χ0) is 16.3. The van der Waals surface area contributed by atoms with E-state index in [9.17, 15) is 15.0 Å². The minimum atomic E-state index is -1.13. The number of aliphatic hydroxyl groups excluding tert-OH is 2. The van der Waals surface area contributed by atoms with Crippen molar-refractivity contribution >= 4 is 23.0 Å². The largest absolute Gasteiger partial charge is 0.447 e. The SMILES string of the molecule is CCN(CC)C(=O)OCC1OC2SC(=NC)NC2C(O)C1O. The lowest BCUT2D eigenvalue weighted by atomic mass is 9.98. The summed E-state index contributed by atoms with van der Waals surface area (Å²) < 4.78 is 10.9. The summed E-state index contributed by atoms with van der Waals surface area (Å²) in [4.78, 5) is 17.4. The summed E-state index contributed by atoms with van der Waals surface area (Å²) in [7, 11) is 1.64. The van der Waals surface area contributed by atoms with E-state index in [-0.39, 0.29) is 12.0 Å². The van der Waals surface area contributed by atoms with E-state index in [1.54, 1.807) is 7.05 Å². The van der Waals surface area contributed by atoms with Crippen LogP contribution >= 0.6 is 11.8 Å². The number of nitrogens with one attached hydrogen (secondary N) is 1. The maximum atomic E-state index is 11.8. The number of aliphatic hydroxyl groups is 2. The van der Waals surface area contributed by atoms with Crippen LogP contribution in [-0.2, 0) is 9.47 Å². The highest BCUT2D eigenvalue weighted by Gasteiger charge is 2.49. The van der Waals surface area contributed by atoms with Gasteiger partial charge >= 0.3 is 6.09 Å². The number of hydrogen-bond acceptors (Lipinski definition) is 7. The van der Waals surface area contributed by atoms with Gasteiger partial charge in [-0.1, -0.05) is 11.8 Å². The molecule has 1 amide bonds. The summed E-state index contributed by atoms with van der Waals surface area (Å²) in [6.45, 7) is 4.71. The van der Waals surface area contributed by atoms with Gasteiger partial charge in [-0.05, 0) is 13.8 Å². The first-order valence-electron chi connectivity index (χ1n) is 7.35. The van der Waals surface area contributed by atoms with Crippen molar-refractivity contribution in [1.82, 2.24) is 10.2 Å².